The number of esters is 1. The molecule has 0 heterocycles. The molecule has 2 N–H and O–H groups in total. The first kappa shape index (κ1) is 30.0. The normalized spacial score (nSPS) is 13.3. The number of unbranched alkanes of at least 4 members (excludes halogenated alkanes) is 11. The zero-order chi connectivity index (χ0) is 26.1. The Kier molecular flexibility index (Phi) is 14.4. The number of carbonyl (C=O) groups is 1. The molecule has 0 aliphatic rings. The predicted octanol–water partition coefficient (Wildman–Crippen LogP) is 6.31. The van der Waals surface area contributed by atoms with Gasteiger partial charge in [0.15, 0.2) is 0 Å². The quantitative estimate of drug-likeness (QED) is 0.168. The molecule has 2 rings (SSSR count). The van der Waals surface area contributed by atoms with E-state index in [1.165, 1.54) is 69.9 Å². The Morgan fingerprint density at radius 2 is 1.25 bits per heavy atom. The van der Waals surface area contributed by atoms with Gasteiger partial charge >= 0.3 is 5.97 Å². The van der Waals surface area contributed by atoms with Crippen molar-refractivity contribution in [2.45, 2.75) is 101 Å². The van der Waals surface area contributed by atoms with Crippen LogP contribution in [0.5, 0.6) is 0 Å². The van der Waals surface area contributed by atoms with Crippen molar-refractivity contribution in [1.29, 1.82) is 0 Å². The van der Waals surface area contributed by atoms with E-state index >= 15 is 0 Å². The lowest BCUT2D eigenvalue weighted by atomic mass is 10.0. The zero-order valence-corrected chi connectivity index (χ0v) is 22.4. The summed E-state index contributed by atoms with van der Waals surface area (Å²) in [6.07, 6.45) is 13.0. The molecule has 0 saturated carbocycles. The van der Waals surface area contributed by atoms with Crippen LogP contribution in [0.1, 0.15) is 95.6 Å². The number of hydrogen-bond donors (Lipinski definition) is 2. The minimum atomic E-state index is -4.03. The lowest BCUT2D eigenvalue weighted by Gasteiger charge is -2.23. The minimum absolute atomic E-state index is 0.0176. The molecule has 0 fully saturated rings. The van der Waals surface area contributed by atoms with E-state index in [1.54, 1.807) is 48.5 Å². The van der Waals surface area contributed by atoms with Crippen molar-refractivity contribution in [3.8, 4) is 0 Å². The van der Waals surface area contributed by atoms with Gasteiger partial charge in [0.25, 0.3) is 0 Å². The van der Waals surface area contributed by atoms with Crippen LogP contribution in [0.3, 0.4) is 0 Å². The van der Waals surface area contributed by atoms with Gasteiger partial charge in [-0.3, -0.25) is 4.79 Å². The SMILES string of the molecule is CCCCCCCCCCCCCCOC(=O)[C@@H](NS(=O)(=O)c1ccccc1)[C@@H](O)c1ccccc1. The Morgan fingerprint density at radius 1 is 0.778 bits per heavy atom. The molecule has 7 heteroatoms. The first-order valence-electron chi connectivity index (χ1n) is 13.4. The molecule has 0 radical (unpaired) electrons. The van der Waals surface area contributed by atoms with E-state index in [0.29, 0.717) is 12.0 Å². The second-order valence-electron chi connectivity index (χ2n) is 9.32. The van der Waals surface area contributed by atoms with E-state index < -0.39 is 28.1 Å². The molecule has 2 atom stereocenters. The second-order valence-corrected chi connectivity index (χ2v) is 11.0. The number of carbonyl (C=O) groups excluding carboxylic acids is 1. The second kappa shape index (κ2) is 17.3. The Bertz CT molecular complexity index is 950. The maximum atomic E-state index is 12.9. The van der Waals surface area contributed by atoms with E-state index in [9.17, 15) is 18.3 Å². The Balaban J connectivity index is 1.78. The summed E-state index contributed by atoms with van der Waals surface area (Å²) in [6.45, 7) is 2.43. The van der Waals surface area contributed by atoms with Gasteiger partial charge in [0.05, 0.1) is 11.5 Å². The van der Waals surface area contributed by atoms with Gasteiger partial charge in [-0.15, -0.1) is 0 Å². The molecule has 36 heavy (non-hydrogen) atoms. The molecule has 0 saturated heterocycles. The number of sulfonamides is 1. The van der Waals surface area contributed by atoms with E-state index in [0.717, 1.165) is 12.8 Å². The van der Waals surface area contributed by atoms with E-state index in [4.69, 9.17) is 4.74 Å². The van der Waals surface area contributed by atoms with Gasteiger partial charge in [-0.05, 0) is 24.1 Å². The zero-order valence-electron chi connectivity index (χ0n) is 21.6. The number of hydrogen-bond acceptors (Lipinski definition) is 5. The van der Waals surface area contributed by atoms with Gasteiger partial charge in [-0.2, -0.15) is 4.72 Å². The van der Waals surface area contributed by atoms with Crippen LogP contribution in [0.25, 0.3) is 0 Å². The molecule has 0 aromatic heterocycles. The number of ether oxygens (including phenoxy) is 1. The Morgan fingerprint density at radius 3 is 1.78 bits per heavy atom. The summed E-state index contributed by atoms with van der Waals surface area (Å²) in [5.74, 6) is -0.783. The van der Waals surface area contributed by atoms with Crippen molar-refractivity contribution in [2.75, 3.05) is 6.61 Å². The van der Waals surface area contributed by atoms with Gasteiger partial charge in [0.2, 0.25) is 10.0 Å². The average Bonchev–Trinajstić information content (AvgIpc) is 2.90. The number of aliphatic hydroxyl groups is 1. The van der Waals surface area contributed by atoms with Crippen molar-refractivity contribution >= 4 is 16.0 Å². The van der Waals surface area contributed by atoms with Crippen molar-refractivity contribution in [2.24, 2.45) is 0 Å². The summed E-state index contributed by atoms with van der Waals surface area (Å²) in [7, 11) is -4.03. The molecule has 6 nitrogen and oxygen atoms in total. The van der Waals surface area contributed by atoms with Crippen LogP contribution in [0.15, 0.2) is 65.6 Å². The average molecular weight is 518 g/mol. The maximum absolute atomic E-state index is 12.9. The molecule has 200 valence electrons. The first-order chi connectivity index (χ1) is 17.5. The number of nitrogens with one attached hydrogen (secondary N) is 1. The van der Waals surface area contributed by atoms with Crippen molar-refractivity contribution < 1.29 is 23.1 Å². The van der Waals surface area contributed by atoms with Gasteiger partial charge < -0.3 is 9.84 Å². The summed E-state index contributed by atoms with van der Waals surface area (Å²) in [6, 6.07) is 14.8. The fraction of sp³-hybridized carbons (Fsp3) is 0.552. The van der Waals surface area contributed by atoms with Gasteiger partial charge in [0.1, 0.15) is 12.1 Å². The van der Waals surface area contributed by atoms with Crippen LogP contribution in [0.2, 0.25) is 0 Å². The molecule has 0 aliphatic carbocycles. The summed E-state index contributed by atoms with van der Waals surface area (Å²) in [4.78, 5) is 12.9. The third kappa shape index (κ3) is 11.2. The number of aliphatic hydroxyl groups excluding tert-OH is 1. The molecule has 2 aromatic carbocycles. The maximum Gasteiger partial charge on any atom is 0.327 e. The number of rotatable bonds is 19. The monoisotopic (exact) mass is 517 g/mol. The summed E-state index contributed by atoms with van der Waals surface area (Å²) in [5.41, 5.74) is 0.431. The molecular formula is C29H43NO5S. The highest BCUT2D eigenvalue weighted by Crippen LogP contribution is 2.20. The molecule has 0 bridgehead atoms. The van der Waals surface area contributed by atoms with Gasteiger partial charge in [-0.25, -0.2) is 8.42 Å². The molecular weight excluding hydrogens is 474 g/mol. The van der Waals surface area contributed by atoms with Gasteiger partial charge in [0, 0.05) is 0 Å². The largest absolute Gasteiger partial charge is 0.464 e. The van der Waals surface area contributed by atoms with Crippen molar-refractivity contribution in [3.63, 3.8) is 0 Å². The van der Waals surface area contributed by atoms with Crippen LogP contribution in [-0.2, 0) is 19.6 Å². The Labute approximate surface area is 217 Å². The van der Waals surface area contributed by atoms with E-state index in [-0.39, 0.29) is 11.5 Å². The third-order valence-corrected chi connectivity index (χ3v) is 7.75. The molecule has 0 spiro atoms. The highest BCUT2D eigenvalue weighted by molar-refractivity contribution is 7.89. The van der Waals surface area contributed by atoms with Gasteiger partial charge in [-0.1, -0.05) is 126 Å². The van der Waals surface area contributed by atoms with Crippen LogP contribution in [0.4, 0.5) is 0 Å². The fourth-order valence-corrected chi connectivity index (χ4v) is 5.34. The Hall–Kier alpha value is -2.22. The fourth-order valence-electron chi connectivity index (χ4n) is 4.12. The molecule has 0 aliphatic heterocycles. The van der Waals surface area contributed by atoms with Crippen LogP contribution >= 0.6 is 0 Å². The highest BCUT2D eigenvalue weighted by Gasteiger charge is 2.34. The predicted molar refractivity (Wildman–Crippen MR) is 144 cm³/mol. The van der Waals surface area contributed by atoms with E-state index in [1.807, 2.05) is 0 Å². The molecule has 2 aromatic rings. The van der Waals surface area contributed by atoms with E-state index in [2.05, 4.69) is 11.6 Å². The topological polar surface area (TPSA) is 92.7 Å². The van der Waals surface area contributed by atoms with Crippen molar-refractivity contribution in [3.05, 3.63) is 66.2 Å². The summed E-state index contributed by atoms with van der Waals surface area (Å²) in [5, 5.41) is 10.8. The van der Waals surface area contributed by atoms with Crippen LogP contribution in [-0.4, -0.2) is 32.1 Å². The highest BCUT2D eigenvalue weighted by atomic mass is 32.2. The van der Waals surface area contributed by atoms with Crippen molar-refractivity contribution in [1.82, 2.24) is 4.72 Å². The lowest BCUT2D eigenvalue weighted by molar-refractivity contribution is -0.148. The minimum Gasteiger partial charge on any atom is -0.464 e. The standard InChI is InChI=1S/C29H43NO5S/c1-2-3-4-5-6-7-8-9-10-11-12-19-24-35-29(32)27(28(31)25-20-15-13-16-21-25)30-36(33,34)26-22-17-14-18-23-26/h13-18,20-23,27-28,30-31H,2-12,19,24H2,1H3/t27-,28-/m0/s1. The third-order valence-electron chi connectivity index (χ3n) is 6.29. The lowest BCUT2D eigenvalue weighted by Crippen LogP contribution is -2.46. The summed E-state index contributed by atoms with van der Waals surface area (Å²) >= 11 is 0. The molecule has 0 amide bonds. The molecule has 0 unspecified atom stereocenters. The number of benzene rings is 2. The first-order valence-corrected chi connectivity index (χ1v) is 14.9. The summed E-state index contributed by atoms with van der Waals surface area (Å²) < 4.78 is 33.4. The van der Waals surface area contributed by atoms with Crippen LogP contribution in [0, 0.1) is 0 Å². The smallest absolute Gasteiger partial charge is 0.327 e. The van der Waals surface area contributed by atoms with Crippen LogP contribution < -0.4 is 4.72 Å².